The summed E-state index contributed by atoms with van der Waals surface area (Å²) in [4.78, 5) is 14.2. The van der Waals surface area contributed by atoms with Gasteiger partial charge >= 0.3 is 0 Å². The van der Waals surface area contributed by atoms with Gasteiger partial charge in [0, 0.05) is 25.4 Å². The molecular weight excluding hydrogens is 334 g/mol. The van der Waals surface area contributed by atoms with Crippen LogP contribution in [0.15, 0.2) is 46.3 Å². The van der Waals surface area contributed by atoms with E-state index in [0.29, 0.717) is 18.0 Å². The van der Waals surface area contributed by atoms with Crippen LogP contribution in [0.5, 0.6) is 5.75 Å². The summed E-state index contributed by atoms with van der Waals surface area (Å²) >= 11 is 0. The maximum atomic E-state index is 12.2. The Hall–Kier alpha value is -2.72. The molecule has 0 fully saturated rings. The van der Waals surface area contributed by atoms with E-state index in [9.17, 15) is 13.2 Å². The second-order valence-corrected chi connectivity index (χ2v) is 6.69. The van der Waals surface area contributed by atoms with Crippen molar-refractivity contribution in [3.63, 3.8) is 0 Å². The number of aromatic nitrogens is 4. The summed E-state index contributed by atoms with van der Waals surface area (Å²) in [5.74, 6) is 1.07. The number of hydrogen-bond acceptors (Lipinski definition) is 6. The van der Waals surface area contributed by atoms with Crippen LogP contribution in [-0.4, -0.2) is 41.7 Å². The third kappa shape index (κ3) is 3.14. The molecule has 2 heterocycles. The van der Waals surface area contributed by atoms with Gasteiger partial charge in [-0.15, -0.1) is 10.2 Å². The average molecular weight is 349 g/mol. The van der Waals surface area contributed by atoms with Crippen LogP contribution in [0.3, 0.4) is 0 Å². The van der Waals surface area contributed by atoms with Crippen molar-refractivity contribution in [2.45, 2.75) is 11.3 Å². The van der Waals surface area contributed by atoms with Crippen molar-refractivity contribution in [3.05, 3.63) is 52.8 Å². The van der Waals surface area contributed by atoms with Crippen LogP contribution in [0.2, 0.25) is 0 Å². The van der Waals surface area contributed by atoms with Crippen LogP contribution in [0.25, 0.3) is 5.65 Å². The highest BCUT2D eigenvalue weighted by molar-refractivity contribution is 7.89. The Kier molecular flexibility index (Phi) is 4.32. The summed E-state index contributed by atoms with van der Waals surface area (Å²) < 4.78 is 33.5. The van der Waals surface area contributed by atoms with Crippen LogP contribution in [0.1, 0.15) is 5.82 Å². The van der Waals surface area contributed by atoms with Crippen LogP contribution in [-0.2, 0) is 16.4 Å². The number of methoxy groups -OCH3 is 1. The average Bonchev–Trinajstić information content (AvgIpc) is 2.99. The molecular formula is C14H15N5O4S. The molecule has 126 valence electrons. The van der Waals surface area contributed by atoms with Crippen LogP contribution in [0.4, 0.5) is 0 Å². The Morgan fingerprint density at radius 2 is 2.00 bits per heavy atom. The lowest BCUT2D eigenvalue weighted by Crippen LogP contribution is -2.26. The predicted octanol–water partition coefficient (Wildman–Crippen LogP) is -0.0528. The second-order valence-electron chi connectivity index (χ2n) is 4.92. The molecule has 0 radical (unpaired) electrons. The highest BCUT2D eigenvalue weighted by Gasteiger charge is 2.14. The quantitative estimate of drug-likeness (QED) is 0.644. The number of fused-ring (bicyclic) bond motifs is 1. The van der Waals surface area contributed by atoms with Crippen molar-refractivity contribution in [1.82, 2.24) is 24.3 Å². The zero-order chi connectivity index (χ0) is 17.2. The van der Waals surface area contributed by atoms with Crippen molar-refractivity contribution in [3.8, 4) is 5.75 Å². The Morgan fingerprint density at radius 1 is 1.25 bits per heavy atom. The summed E-state index contributed by atoms with van der Waals surface area (Å²) in [5.41, 5.74) is -0.180. The number of sulfonamides is 1. The maximum absolute atomic E-state index is 12.2. The first-order chi connectivity index (χ1) is 11.5. The summed E-state index contributed by atoms with van der Waals surface area (Å²) in [6.45, 7) is 0.127. The molecule has 0 saturated carbocycles. The number of ether oxygens (including phenoxy) is 1. The lowest BCUT2D eigenvalue weighted by atomic mass is 10.3. The number of rotatable bonds is 6. The molecule has 0 unspecified atom stereocenters. The van der Waals surface area contributed by atoms with Crippen molar-refractivity contribution >= 4 is 15.7 Å². The topological polar surface area (TPSA) is 118 Å². The smallest absolute Gasteiger partial charge is 0.293 e. The van der Waals surface area contributed by atoms with E-state index in [1.807, 2.05) is 0 Å². The lowest BCUT2D eigenvalue weighted by Gasteiger charge is -2.07. The van der Waals surface area contributed by atoms with Crippen molar-refractivity contribution in [1.29, 1.82) is 0 Å². The number of nitrogens with one attached hydrogen (secondary N) is 2. The minimum absolute atomic E-state index is 0.127. The van der Waals surface area contributed by atoms with E-state index < -0.39 is 10.0 Å². The fraction of sp³-hybridized carbons (Fsp3) is 0.214. The molecule has 3 rings (SSSR count). The zero-order valence-electron chi connectivity index (χ0n) is 12.8. The van der Waals surface area contributed by atoms with Gasteiger partial charge < -0.3 is 9.72 Å². The number of H-pyrrole nitrogens is 1. The van der Waals surface area contributed by atoms with E-state index >= 15 is 0 Å². The molecule has 0 spiro atoms. The van der Waals surface area contributed by atoms with Gasteiger partial charge in [-0.2, -0.15) is 0 Å². The van der Waals surface area contributed by atoms with Crippen molar-refractivity contribution in [2.75, 3.05) is 13.7 Å². The molecule has 0 amide bonds. The molecule has 0 saturated heterocycles. The first-order valence-electron chi connectivity index (χ1n) is 7.06. The van der Waals surface area contributed by atoms with E-state index in [1.54, 1.807) is 18.3 Å². The molecule has 10 heteroatoms. The number of aromatic amines is 1. The van der Waals surface area contributed by atoms with E-state index in [1.165, 1.54) is 29.8 Å². The van der Waals surface area contributed by atoms with Gasteiger partial charge in [0.2, 0.25) is 15.7 Å². The van der Waals surface area contributed by atoms with Gasteiger partial charge in [-0.25, -0.2) is 13.1 Å². The van der Waals surface area contributed by atoms with E-state index in [2.05, 4.69) is 19.9 Å². The highest BCUT2D eigenvalue weighted by Crippen LogP contribution is 2.15. The Labute approximate surface area is 137 Å². The number of nitrogens with zero attached hydrogens (tertiary/aromatic N) is 3. The Balaban J connectivity index is 1.70. The van der Waals surface area contributed by atoms with E-state index in [0.717, 1.165) is 0 Å². The molecule has 0 atom stereocenters. The van der Waals surface area contributed by atoms with Gasteiger partial charge in [-0.3, -0.25) is 9.20 Å². The van der Waals surface area contributed by atoms with Gasteiger partial charge in [0.25, 0.3) is 5.56 Å². The van der Waals surface area contributed by atoms with Crippen LogP contribution in [0, 0.1) is 0 Å². The summed E-state index contributed by atoms with van der Waals surface area (Å²) in [5, 5.41) is 7.70. The maximum Gasteiger partial charge on any atom is 0.293 e. The normalized spacial score (nSPS) is 11.7. The molecule has 2 aromatic heterocycles. The van der Waals surface area contributed by atoms with Crippen molar-refractivity contribution < 1.29 is 13.2 Å². The third-order valence-electron chi connectivity index (χ3n) is 3.42. The molecule has 24 heavy (non-hydrogen) atoms. The molecule has 1 aromatic carbocycles. The zero-order valence-corrected chi connectivity index (χ0v) is 13.6. The first kappa shape index (κ1) is 16.1. The molecule has 0 aliphatic heterocycles. The second kappa shape index (κ2) is 6.42. The molecule has 0 bridgehead atoms. The van der Waals surface area contributed by atoms with E-state index in [4.69, 9.17) is 4.74 Å². The monoisotopic (exact) mass is 349 g/mol. The third-order valence-corrected chi connectivity index (χ3v) is 4.89. The fourth-order valence-electron chi connectivity index (χ4n) is 2.19. The largest absolute Gasteiger partial charge is 0.497 e. The molecule has 2 N–H and O–H groups in total. The summed E-state index contributed by atoms with van der Waals surface area (Å²) in [6.07, 6.45) is 3.38. The lowest BCUT2D eigenvalue weighted by molar-refractivity contribution is 0.414. The Morgan fingerprint density at radius 3 is 2.71 bits per heavy atom. The molecule has 0 aliphatic rings. The van der Waals surface area contributed by atoms with Gasteiger partial charge in [-0.1, -0.05) is 0 Å². The summed E-state index contributed by atoms with van der Waals surface area (Å²) in [7, 11) is -2.12. The summed E-state index contributed by atoms with van der Waals surface area (Å²) in [6, 6.07) is 6.08. The number of benzene rings is 1. The molecule has 9 nitrogen and oxygen atoms in total. The van der Waals surface area contributed by atoms with Crippen molar-refractivity contribution in [2.24, 2.45) is 0 Å². The van der Waals surface area contributed by atoms with Crippen LogP contribution < -0.4 is 15.0 Å². The van der Waals surface area contributed by atoms with E-state index in [-0.39, 0.29) is 22.6 Å². The Bertz CT molecular complexity index is 1010. The fourth-order valence-corrected chi connectivity index (χ4v) is 3.22. The van der Waals surface area contributed by atoms with Gasteiger partial charge in [0.15, 0.2) is 0 Å². The standard InChI is InChI=1S/C14H15N5O4S/c1-23-10-2-4-11(5-3-10)24(21,22)16-7-6-12-17-18-13-14(20)15-8-9-19(12)13/h2-5,8-9,16H,6-7H2,1H3,(H,15,20). The van der Waals surface area contributed by atoms with Gasteiger partial charge in [0.05, 0.1) is 12.0 Å². The number of hydrogen-bond donors (Lipinski definition) is 2. The predicted molar refractivity (Wildman–Crippen MR) is 85.5 cm³/mol. The van der Waals surface area contributed by atoms with Gasteiger partial charge in [-0.05, 0) is 24.3 Å². The van der Waals surface area contributed by atoms with Gasteiger partial charge in [0.1, 0.15) is 11.6 Å². The molecule has 0 aliphatic carbocycles. The first-order valence-corrected chi connectivity index (χ1v) is 8.54. The minimum atomic E-state index is -3.63. The molecule has 3 aromatic rings. The SMILES string of the molecule is COc1ccc(S(=O)(=O)NCCc2nnc3c(=O)[nH]ccn23)cc1. The minimum Gasteiger partial charge on any atom is -0.497 e. The highest BCUT2D eigenvalue weighted by atomic mass is 32.2. The van der Waals surface area contributed by atoms with Crippen LogP contribution >= 0.6 is 0 Å².